The number of esters is 1. The fourth-order valence-electron chi connectivity index (χ4n) is 0.708. The molecular weight excluding hydrogens is 402 g/mol. The summed E-state index contributed by atoms with van der Waals surface area (Å²) in [6.07, 6.45) is 0. The minimum atomic E-state index is -1.05. The number of nitrogens with two attached hydrogens (primary N) is 2. The molecule has 0 bridgehead atoms. The van der Waals surface area contributed by atoms with Crippen LogP contribution in [0.5, 0.6) is 0 Å². The van der Waals surface area contributed by atoms with Gasteiger partial charge in [0, 0.05) is 0 Å². The Morgan fingerprint density at radius 2 is 1.33 bits per heavy atom. The number of carboxylic acids is 1. The van der Waals surface area contributed by atoms with Crippen molar-refractivity contribution < 1.29 is 41.8 Å². The molecule has 0 radical (unpaired) electrons. The summed E-state index contributed by atoms with van der Waals surface area (Å²) < 4.78 is 11.2. The van der Waals surface area contributed by atoms with Crippen molar-refractivity contribution in [2.24, 2.45) is 11.5 Å². The number of methoxy groups -OCH3 is 1. The molecule has 0 heterocycles. The van der Waals surface area contributed by atoms with E-state index in [0.29, 0.717) is 0 Å². The molecule has 0 rings (SSSR count). The predicted octanol–water partition coefficient (Wildman–Crippen LogP) is -0.585. The molecule has 123 valence electrons. The number of carbonyl (C=O) groups excluding carboxylic acids is 1. The maximum absolute atomic E-state index is 10.7. The molecule has 0 saturated carbocycles. The Hall–Kier alpha value is 0.00935. The van der Waals surface area contributed by atoms with E-state index in [2.05, 4.69) is 4.74 Å². The second-order valence-corrected chi connectivity index (χ2v) is 7.13. The van der Waals surface area contributed by atoms with Gasteiger partial charge in [0.2, 0.25) is 0 Å². The fourth-order valence-corrected chi connectivity index (χ4v) is 0.905. The molecule has 0 aliphatic heterocycles. The molecule has 0 aliphatic carbocycles. The van der Waals surface area contributed by atoms with Crippen molar-refractivity contribution in [3.05, 3.63) is 0 Å². The Kier molecular flexibility index (Phi) is 14.3. The van der Waals surface area contributed by atoms with Gasteiger partial charge in [-0.25, -0.2) is 0 Å². The molecule has 0 fully saturated rings. The molecular formula is C11H22N2O5S2Tc+2. The molecule has 0 saturated heterocycles. The van der Waals surface area contributed by atoms with Crippen LogP contribution in [0.15, 0.2) is 0 Å². The van der Waals surface area contributed by atoms with Gasteiger partial charge in [0.05, 0.1) is 19.2 Å². The first-order valence-electron chi connectivity index (χ1n) is 5.63. The SMILES string of the molecule is CC(C)([S-])C(N)C(=O)O.COC(=O)C(N)C(C)(C)[S-].[O]=[Tc+4]. The van der Waals surface area contributed by atoms with Crippen molar-refractivity contribution in [3.63, 3.8) is 0 Å². The first-order valence-corrected chi connectivity index (χ1v) is 7.20. The summed E-state index contributed by atoms with van der Waals surface area (Å²) in [4.78, 5) is 20.9. The molecule has 21 heavy (non-hydrogen) atoms. The quantitative estimate of drug-likeness (QED) is 0.400. The van der Waals surface area contributed by atoms with E-state index in [1.165, 1.54) is 7.11 Å². The average molecular weight is 424 g/mol. The van der Waals surface area contributed by atoms with Crippen molar-refractivity contribution in [2.45, 2.75) is 49.3 Å². The Balaban J connectivity index is -0.000000277. The van der Waals surface area contributed by atoms with E-state index in [4.69, 9.17) is 45.3 Å². The molecule has 0 aromatic carbocycles. The minimum absolute atomic E-state index is 0.458. The zero-order valence-electron chi connectivity index (χ0n) is 12.6. The van der Waals surface area contributed by atoms with E-state index >= 15 is 0 Å². The van der Waals surface area contributed by atoms with E-state index in [-0.39, 0.29) is 0 Å². The number of carbonyl (C=O) groups is 2. The molecule has 2 unspecified atom stereocenters. The molecule has 2 atom stereocenters. The second kappa shape index (κ2) is 11.6. The number of carboxylic acid groups (broad SMARTS) is 1. The summed E-state index contributed by atoms with van der Waals surface area (Å²) in [6.45, 7) is 6.65. The number of hydrogen-bond acceptors (Lipinski definition) is 8. The van der Waals surface area contributed by atoms with Gasteiger partial charge >= 0.3 is 34.3 Å². The van der Waals surface area contributed by atoms with Gasteiger partial charge in [-0.2, -0.15) is 0 Å². The molecule has 7 nitrogen and oxygen atoms in total. The van der Waals surface area contributed by atoms with Crippen molar-refractivity contribution >= 4 is 37.2 Å². The third-order valence-electron chi connectivity index (χ3n) is 2.22. The third kappa shape index (κ3) is 13.4. The Bertz CT molecular complexity index is 332. The Labute approximate surface area is 146 Å². The zero-order chi connectivity index (χ0) is 18.0. The summed E-state index contributed by atoms with van der Waals surface area (Å²) in [7, 11) is 1.29. The number of hydrogen-bond donors (Lipinski definition) is 3. The monoisotopic (exact) mass is 423 g/mol. The van der Waals surface area contributed by atoms with Gasteiger partial charge in [-0.1, -0.05) is 27.7 Å². The van der Waals surface area contributed by atoms with Crippen LogP contribution >= 0.6 is 0 Å². The van der Waals surface area contributed by atoms with Crippen molar-refractivity contribution in [3.8, 4) is 0 Å². The van der Waals surface area contributed by atoms with E-state index in [1.807, 2.05) is 0 Å². The Morgan fingerprint density at radius 3 is 1.38 bits per heavy atom. The normalized spacial score (nSPS) is 13.7. The van der Waals surface area contributed by atoms with E-state index < -0.39 is 33.5 Å². The molecule has 5 N–H and O–H groups in total. The van der Waals surface area contributed by atoms with Crippen LogP contribution in [0.3, 0.4) is 0 Å². The maximum atomic E-state index is 10.7. The van der Waals surface area contributed by atoms with Gasteiger partial charge in [-0.3, -0.25) is 9.59 Å². The fraction of sp³-hybridized carbons (Fsp3) is 0.818. The molecule has 0 aliphatic rings. The summed E-state index contributed by atoms with van der Waals surface area (Å²) in [5.74, 6) is -1.50. The first-order chi connectivity index (χ1) is 9.25. The molecule has 10 heteroatoms. The van der Waals surface area contributed by atoms with Crippen LogP contribution in [0.25, 0.3) is 0 Å². The topological polar surface area (TPSA) is 133 Å². The second-order valence-electron chi connectivity index (χ2n) is 5.02. The number of rotatable bonds is 4. The van der Waals surface area contributed by atoms with Crippen LogP contribution < -0.4 is 11.5 Å². The van der Waals surface area contributed by atoms with Gasteiger partial charge in [0.25, 0.3) is 0 Å². The predicted molar refractivity (Wildman–Crippen MR) is 79.2 cm³/mol. The molecule has 0 spiro atoms. The van der Waals surface area contributed by atoms with Crippen molar-refractivity contribution in [2.75, 3.05) is 7.11 Å². The van der Waals surface area contributed by atoms with Crippen molar-refractivity contribution in [1.29, 1.82) is 0 Å². The summed E-state index contributed by atoms with van der Waals surface area (Å²) in [5.41, 5.74) is 10.6. The zero-order valence-corrected chi connectivity index (χ0v) is 16.1. The van der Waals surface area contributed by atoms with Gasteiger partial charge in [0.1, 0.15) is 0 Å². The molecule has 0 amide bonds. The first kappa shape index (κ1) is 25.9. The standard InChI is InChI=1S/C6H13NO2S.C5H11NO2S.O.Tc/c1-6(2,10)4(7)5(8)9-3;1-5(2,9)3(6)4(7)8;;/h4,10H,7H2,1-3H3;3,9H,6H2,1-2H3,(H,7,8);;/q;;;+4/p-2. The van der Waals surface area contributed by atoms with Crippen LogP contribution in [-0.4, -0.2) is 45.7 Å². The van der Waals surface area contributed by atoms with Gasteiger partial charge < -0.3 is 46.6 Å². The van der Waals surface area contributed by atoms with Gasteiger partial charge in [-0.15, -0.1) is 9.49 Å². The number of ether oxygens (including phenoxy) is 1. The Morgan fingerprint density at radius 1 is 1.05 bits per heavy atom. The summed E-state index contributed by atoms with van der Waals surface area (Å²) in [6, 6.07) is -1.67. The molecule has 0 aromatic heterocycles. The number of aliphatic carboxylic acids is 1. The van der Waals surface area contributed by atoms with E-state index in [0.717, 1.165) is 18.9 Å². The van der Waals surface area contributed by atoms with Crippen LogP contribution in [0.4, 0.5) is 0 Å². The van der Waals surface area contributed by atoms with E-state index in [1.54, 1.807) is 27.7 Å². The van der Waals surface area contributed by atoms with Crippen LogP contribution in [0.2, 0.25) is 0 Å². The molecule has 0 aromatic rings. The van der Waals surface area contributed by atoms with Crippen molar-refractivity contribution in [1.82, 2.24) is 0 Å². The summed E-state index contributed by atoms with van der Waals surface area (Å²) >= 11 is 10.6. The van der Waals surface area contributed by atoms with Crippen LogP contribution in [0.1, 0.15) is 27.7 Å². The summed E-state index contributed by atoms with van der Waals surface area (Å²) in [5, 5.41) is 8.33. The van der Waals surface area contributed by atoms with E-state index in [9.17, 15) is 9.59 Å². The van der Waals surface area contributed by atoms with Crippen LogP contribution in [0, 0.1) is 0 Å². The third-order valence-corrected chi connectivity index (χ3v) is 2.73. The van der Waals surface area contributed by atoms with Crippen LogP contribution in [-0.2, 0) is 61.9 Å². The van der Waals surface area contributed by atoms with Gasteiger partial charge in [0.15, 0.2) is 0 Å². The van der Waals surface area contributed by atoms with Gasteiger partial charge in [-0.05, 0) is 0 Å². The average Bonchev–Trinajstić information content (AvgIpc) is 2.36.